The molecule has 0 unspecified atom stereocenters. The van der Waals surface area contributed by atoms with Crippen LogP contribution in [0.25, 0.3) is 0 Å². The predicted octanol–water partition coefficient (Wildman–Crippen LogP) is 4.71. The van der Waals surface area contributed by atoms with Crippen LogP contribution in [0, 0.1) is 6.92 Å². The van der Waals surface area contributed by atoms with E-state index in [0.717, 1.165) is 62.4 Å². The van der Waals surface area contributed by atoms with Crippen LogP contribution in [0.15, 0.2) is 77.2 Å². The third-order valence-electron chi connectivity index (χ3n) is 7.03. The molecule has 1 fully saturated rings. The summed E-state index contributed by atoms with van der Waals surface area (Å²) in [7, 11) is 0. The van der Waals surface area contributed by atoms with Gasteiger partial charge in [0.25, 0.3) is 0 Å². The van der Waals surface area contributed by atoms with Gasteiger partial charge in [-0.25, -0.2) is 0 Å². The lowest BCUT2D eigenvalue weighted by atomic mass is 10.1. The highest BCUT2D eigenvalue weighted by Gasteiger charge is 2.24. The number of aromatic nitrogens is 2. The molecular formula is C29H31N7OS. The Kier molecular flexibility index (Phi) is 6.83. The molecule has 38 heavy (non-hydrogen) atoms. The minimum atomic E-state index is 0.459. The molecule has 4 heterocycles. The first kappa shape index (κ1) is 24.2. The molecule has 6 rings (SSSR count). The summed E-state index contributed by atoms with van der Waals surface area (Å²) in [6, 6.07) is 25.1. The van der Waals surface area contributed by atoms with Crippen molar-refractivity contribution < 1.29 is 4.42 Å². The number of thiocarbonyl (C=S) groups is 1. The zero-order chi connectivity index (χ0) is 25.9. The van der Waals surface area contributed by atoms with Crippen molar-refractivity contribution in [1.29, 1.82) is 0 Å². The van der Waals surface area contributed by atoms with Gasteiger partial charge in [-0.3, -0.25) is 0 Å². The zero-order valence-corrected chi connectivity index (χ0v) is 22.2. The second-order valence-electron chi connectivity index (χ2n) is 9.66. The van der Waals surface area contributed by atoms with Crippen molar-refractivity contribution in [1.82, 2.24) is 15.3 Å². The molecule has 1 saturated heterocycles. The Balaban J connectivity index is 1.20. The van der Waals surface area contributed by atoms with Gasteiger partial charge in [0, 0.05) is 51.0 Å². The monoisotopic (exact) mass is 525 g/mol. The maximum Gasteiger partial charge on any atom is 0.232 e. The van der Waals surface area contributed by atoms with Gasteiger partial charge in [0.15, 0.2) is 5.11 Å². The fourth-order valence-corrected chi connectivity index (χ4v) is 5.19. The summed E-state index contributed by atoms with van der Waals surface area (Å²) in [4.78, 5) is 16.8. The molecular weight excluding hydrogens is 494 g/mol. The summed E-state index contributed by atoms with van der Waals surface area (Å²) in [6.07, 6.45) is 0. The lowest BCUT2D eigenvalue weighted by Gasteiger charge is -2.37. The van der Waals surface area contributed by atoms with E-state index >= 15 is 0 Å². The molecule has 0 amide bonds. The Bertz CT molecular complexity index is 1390. The van der Waals surface area contributed by atoms with Crippen molar-refractivity contribution >= 4 is 40.6 Å². The van der Waals surface area contributed by atoms with E-state index in [1.807, 2.05) is 19.1 Å². The molecule has 9 heteroatoms. The highest BCUT2D eigenvalue weighted by atomic mass is 32.1. The third-order valence-corrected chi connectivity index (χ3v) is 7.28. The second-order valence-corrected chi connectivity index (χ2v) is 10.1. The van der Waals surface area contributed by atoms with Crippen molar-refractivity contribution in [2.75, 3.05) is 46.2 Å². The molecule has 4 aromatic rings. The van der Waals surface area contributed by atoms with E-state index in [9.17, 15) is 0 Å². The number of rotatable bonds is 6. The van der Waals surface area contributed by atoms with E-state index in [1.165, 1.54) is 16.8 Å². The molecule has 0 atom stereocenters. The third kappa shape index (κ3) is 5.43. The van der Waals surface area contributed by atoms with E-state index < -0.39 is 0 Å². The van der Waals surface area contributed by atoms with E-state index in [-0.39, 0.29) is 0 Å². The quantitative estimate of drug-likeness (QED) is 0.348. The highest BCUT2D eigenvalue weighted by molar-refractivity contribution is 7.80. The number of para-hydroxylation sites is 1. The van der Waals surface area contributed by atoms with Crippen LogP contribution < -0.4 is 25.3 Å². The Hall–Kier alpha value is -4.11. The molecule has 0 spiro atoms. The summed E-state index contributed by atoms with van der Waals surface area (Å²) in [6.45, 7) is 7.71. The molecule has 2 N–H and O–H groups in total. The molecule has 2 aromatic heterocycles. The number of hydrogen-bond acceptors (Lipinski definition) is 7. The fraction of sp³-hybridized carbons (Fsp3) is 0.276. The summed E-state index contributed by atoms with van der Waals surface area (Å²) < 4.78 is 5.64. The van der Waals surface area contributed by atoms with Crippen LogP contribution in [0.2, 0.25) is 0 Å². The van der Waals surface area contributed by atoms with Crippen LogP contribution in [0.4, 0.5) is 23.3 Å². The molecule has 2 aliphatic heterocycles. The van der Waals surface area contributed by atoms with Gasteiger partial charge in [-0.2, -0.15) is 9.97 Å². The number of benzene rings is 2. The lowest BCUT2D eigenvalue weighted by molar-refractivity contribution is 0.478. The number of furan rings is 1. The standard InChI is InChI=1S/C29H31N7OS/c1-21-11-12-25(37-21)18-30-29(38)33-28-31-26(35-15-13-34(14-16-35)24-9-3-2-4-10-24)17-27(32-28)36-19-22-7-5-6-8-23(22)20-36/h2-12,17H,13-16,18-20H2,1H3,(H2,30,31,32,33,38). The van der Waals surface area contributed by atoms with Crippen molar-refractivity contribution in [3.05, 3.63) is 95.4 Å². The highest BCUT2D eigenvalue weighted by Crippen LogP contribution is 2.30. The summed E-state index contributed by atoms with van der Waals surface area (Å²) in [5.74, 6) is 4.00. The van der Waals surface area contributed by atoms with Crippen LogP contribution >= 0.6 is 12.2 Å². The molecule has 0 radical (unpaired) electrons. The SMILES string of the molecule is Cc1ccc(CNC(=S)Nc2nc(N3CCN(c4ccccc4)CC3)cc(N3Cc4ccccc4C3)n2)o1. The molecule has 0 bridgehead atoms. The molecule has 8 nitrogen and oxygen atoms in total. The van der Waals surface area contributed by atoms with Crippen molar-refractivity contribution in [3.63, 3.8) is 0 Å². The lowest BCUT2D eigenvalue weighted by Crippen LogP contribution is -2.47. The first-order chi connectivity index (χ1) is 18.6. The topological polar surface area (TPSA) is 72.7 Å². The van der Waals surface area contributed by atoms with Crippen molar-refractivity contribution in [3.8, 4) is 0 Å². The molecule has 194 valence electrons. The van der Waals surface area contributed by atoms with Crippen LogP contribution in [-0.4, -0.2) is 41.3 Å². The largest absolute Gasteiger partial charge is 0.465 e. The minimum Gasteiger partial charge on any atom is -0.465 e. The van der Waals surface area contributed by atoms with Gasteiger partial charge in [0.05, 0.1) is 6.54 Å². The smallest absolute Gasteiger partial charge is 0.232 e. The van der Waals surface area contributed by atoms with E-state index in [1.54, 1.807) is 0 Å². The second kappa shape index (κ2) is 10.7. The normalized spacial score (nSPS) is 14.9. The number of hydrogen-bond donors (Lipinski definition) is 2. The number of anilines is 4. The first-order valence-electron chi connectivity index (χ1n) is 13.0. The summed E-state index contributed by atoms with van der Waals surface area (Å²) >= 11 is 5.57. The average Bonchev–Trinajstić information content (AvgIpc) is 3.58. The van der Waals surface area contributed by atoms with Gasteiger partial charge in [-0.05, 0) is 54.5 Å². The minimum absolute atomic E-state index is 0.459. The van der Waals surface area contributed by atoms with Gasteiger partial charge in [-0.15, -0.1) is 0 Å². The number of piperazine rings is 1. The maximum atomic E-state index is 5.64. The van der Waals surface area contributed by atoms with Gasteiger partial charge in [0.1, 0.15) is 23.2 Å². The fourth-order valence-electron chi connectivity index (χ4n) is 5.02. The summed E-state index contributed by atoms with van der Waals surface area (Å²) in [5.41, 5.74) is 3.94. The van der Waals surface area contributed by atoms with Gasteiger partial charge >= 0.3 is 0 Å². The van der Waals surface area contributed by atoms with Gasteiger partial charge in [-0.1, -0.05) is 42.5 Å². The maximum absolute atomic E-state index is 5.64. The van der Waals surface area contributed by atoms with Crippen molar-refractivity contribution in [2.24, 2.45) is 0 Å². The Labute approximate surface area is 228 Å². The van der Waals surface area contributed by atoms with Gasteiger partial charge < -0.3 is 29.8 Å². The van der Waals surface area contributed by atoms with E-state index in [4.69, 9.17) is 26.6 Å². The van der Waals surface area contributed by atoms with Crippen LogP contribution in [-0.2, 0) is 19.6 Å². The molecule has 2 aliphatic rings. The first-order valence-corrected chi connectivity index (χ1v) is 13.4. The molecule has 0 aliphatic carbocycles. The number of nitrogens with one attached hydrogen (secondary N) is 2. The van der Waals surface area contributed by atoms with Crippen LogP contribution in [0.1, 0.15) is 22.6 Å². The Morgan fingerprint density at radius 3 is 2.11 bits per heavy atom. The van der Waals surface area contributed by atoms with Crippen molar-refractivity contribution in [2.45, 2.75) is 26.6 Å². The average molecular weight is 526 g/mol. The Morgan fingerprint density at radius 2 is 1.45 bits per heavy atom. The Morgan fingerprint density at radius 1 is 0.816 bits per heavy atom. The number of fused-ring (bicyclic) bond motifs is 1. The zero-order valence-electron chi connectivity index (χ0n) is 21.4. The number of nitrogens with zero attached hydrogens (tertiary/aromatic N) is 5. The molecule has 2 aromatic carbocycles. The predicted molar refractivity (Wildman–Crippen MR) is 156 cm³/mol. The number of aryl methyl sites for hydroxylation is 1. The van der Waals surface area contributed by atoms with Gasteiger partial charge in [0.2, 0.25) is 5.95 Å². The van der Waals surface area contributed by atoms with Crippen LogP contribution in [0.5, 0.6) is 0 Å². The van der Waals surface area contributed by atoms with E-state index in [0.29, 0.717) is 17.6 Å². The summed E-state index contributed by atoms with van der Waals surface area (Å²) in [5, 5.41) is 6.87. The van der Waals surface area contributed by atoms with E-state index in [2.05, 4.69) is 86.0 Å². The van der Waals surface area contributed by atoms with Crippen LogP contribution in [0.3, 0.4) is 0 Å². The molecule has 0 saturated carbocycles.